The van der Waals surface area contributed by atoms with E-state index in [0.717, 1.165) is 5.69 Å². The summed E-state index contributed by atoms with van der Waals surface area (Å²) in [6.07, 6.45) is 5.15. The van der Waals surface area contributed by atoms with Crippen molar-refractivity contribution in [2.24, 2.45) is 5.92 Å². The largest absolute Gasteiger partial charge is 0.478 e. The number of nitrogens with one attached hydrogen (secondary N) is 1. The summed E-state index contributed by atoms with van der Waals surface area (Å²) in [6.45, 7) is 6.87. The Labute approximate surface area is 109 Å². The maximum Gasteiger partial charge on any atom is 0.226 e. The first-order chi connectivity index (χ1) is 8.69. The molecule has 18 heavy (non-hydrogen) atoms. The van der Waals surface area contributed by atoms with E-state index in [1.165, 1.54) is 25.7 Å². The maximum absolute atomic E-state index is 5.45. The van der Waals surface area contributed by atoms with Crippen LogP contribution < -0.4 is 10.1 Å². The van der Waals surface area contributed by atoms with Crippen LogP contribution in [0.25, 0.3) is 0 Å². The minimum absolute atomic E-state index is 0.495. The summed E-state index contributed by atoms with van der Waals surface area (Å²) in [5.41, 5.74) is 0.944. The van der Waals surface area contributed by atoms with E-state index < -0.39 is 0 Å². The molecule has 100 valence electrons. The number of nitrogens with zero attached hydrogens (tertiary/aromatic N) is 2. The van der Waals surface area contributed by atoms with E-state index in [9.17, 15) is 0 Å². The van der Waals surface area contributed by atoms with Gasteiger partial charge in [-0.2, -0.15) is 4.98 Å². The van der Waals surface area contributed by atoms with Gasteiger partial charge in [0, 0.05) is 17.8 Å². The highest BCUT2D eigenvalue weighted by molar-refractivity contribution is 5.32. The highest BCUT2D eigenvalue weighted by Gasteiger charge is 2.21. The second-order valence-electron chi connectivity index (χ2n) is 5.12. The molecule has 1 fully saturated rings. The zero-order valence-electron chi connectivity index (χ0n) is 11.6. The van der Waals surface area contributed by atoms with Crippen molar-refractivity contribution in [3.63, 3.8) is 0 Å². The zero-order chi connectivity index (χ0) is 13.0. The average molecular weight is 249 g/mol. The third kappa shape index (κ3) is 3.34. The van der Waals surface area contributed by atoms with Crippen LogP contribution in [0.4, 0.5) is 5.95 Å². The lowest BCUT2D eigenvalue weighted by atomic mass is 9.86. The Bertz CT molecular complexity index is 395. The van der Waals surface area contributed by atoms with Gasteiger partial charge in [0.25, 0.3) is 0 Å². The monoisotopic (exact) mass is 249 g/mol. The highest BCUT2D eigenvalue weighted by atomic mass is 16.5. The molecule has 1 aliphatic rings. The van der Waals surface area contributed by atoms with Crippen LogP contribution in [0.3, 0.4) is 0 Å². The first-order valence-electron chi connectivity index (χ1n) is 6.94. The van der Waals surface area contributed by atoms with Crippen LogP contribution in [-0.4, -0.2) is 22.6 Å². The highest BCUT2D eigenvalue weighted by Crippen LogP contribution is 2.26. The zero-order valence-corrected chi connectivity index (χ0v) is 11.6. The third-order valence-corrected chi connectivity index (χ3v) is 3.55. The van der Waals surface area contributed by atoms with E-state index in [2.05, 4.69) is 22.2 Å². The molecule has 4 heteroatoms. The molecule has 2 rings (SSSR count). The van der Waals surface area contributed by atoms with Gasteiger partial charge in [-0.3, -0.25) is 0 Å². The number of rotatable bonds is 4. The molecule has 0 amide bonds. The molecule has 2 unspecified atom stereocenters. The molecule has 2 atom stereocenters. The standard InChI is InChI=1S/C14H23N3O/c1-4-18-13-9-11(3)15-14(17-13)16-12-8-6-5-7-10(12)2/h9-10,12H,4-8H2,1-3H3,(H,15,16,17). The van der Waals surface area contributed by atoms with E-state index in [-0.39, 0.29) is 0 Å². The van der Waals surface area contributed by atoms with Gasteiger partial charge in [-0.1, -0.05) is 19.8 Å². The quantitative estimate of drug-likeness (QED) is 0.890. The predicted octanol–water partition coefficient (Wildman–Crippen LogP) is 3.17. The summed E-state index contributed by atoms with van der Waals surface area (Å²) in [5.74, 6) is 2.06. The Morgan fingerprint density at radius 1 is 1.33 bits per heavy atom. The predicted molar refractivity (Wildman–Crippen MR) is 73.0 cm³/mol. The Hall–Kier alpha value is -1.32. The first-order valence-corrected chi connectivity index (χ1v) is 6.94. The van der Waals surface area contributed by atoms with Crippen molar-refractivity contribution in [1.82, 2.24) is 9.97 Å². The van der Waals surface area contributed by atoms with Crippen LogP contribution in [0.2, 0.25) is 0 Å². The summed E-state index contributed by atoms with van der Waals surface area (Å²) < 4.78 is 5.45. The molecule has 1 N–H and O–H groups in total. The van der Waals surface area contributed by atoms with Gasteiger partial charge in [-0.15, -0.1) is 0 Å². The van der Waals surface area contributed by atoms with Crippen molar-refractivity contribution in [1.29, 1.82) is 0 Å². The number of aromatic nitrogens is 2. The van der Waals surface area contributed by atoms with Crippen molar-refractivity contribution in [2.75, 3.05) is 11.9 Å². The molecule has 0 bridgehead atoms. The van der Waals surface area contributed by atoms with Crippen LogP contribution in [0.1, 0.15) is 45.2 Å². The minimum atomic E-state index is 0.495. The molecule has 0 spiro atoms. The molecular weight excluding hydrogens is 226 g/mol. The lowest BCUT2D eigenvalue weighted by Crippen LogP contribution is -2.31. The van der Waals surface area contributed by atoms with E-state index in [1.54, 1.807) is 0 Å². The molecule has 4 nitrogen and oxygen atoms in total. The van der Waals surface area contributed by atoms with Gasteiger partial charge < -0.3 is 10.1 Å². The van der Waals surface area contributed by atoms with E-state index in [0.29, 0.717) is 30.4 Å². The summed E-state index contributed by atoms with van der Waals surface area (Å²) in [7, 11) is 0. The van der Waals surface area contributed by atoms with Crippen LogP contribution >= 0.6 is 0 Å². The molecular formula is C14H23N3O. The van der Waals surface area contributed by atoms with Crippen LogP contribution in [0, 0.1) is 12.8 Å². The van der Waals surface area contributed by atoms with Crippen LogP contribution in [0.5, 0.6) is 5.88 Å². The Balaban J connectivity index is 2.07. The van der Waals surface area contributed by atoms with Gasteiger partial charge in [0.1, 0.15) is 0 Å². The number of hydrogen-bond donors (Lipinski definition) is 1. The molecule has 0 radical (unpaired) electrons. The number of ether oxygens (including phenoxy) is 1. The maximum atomic E-state index is 5.45. The molecule has 1 aromatic heterocycles. The molecule has 1 aromatic rings. The van der Waals surface area contributed by atoms with E-state index in [1.807, 2.05) is 19.9 Å². The van der Waals surface area contributed by atoms with Crippen LogP contribution in [0.15, 0.2) is 6.07 Å². The first kappa shape index (κ1) is 13.1. The third-order valence-electron chi connectivity index (χ3n) is 3.55. The molecule has 0 aliphatic heterocycles. The SMILES string of the molecule is CCOc1cc(C)nc(NC2CCCCC2C)n1. The Morgan fingerprint density at radius 3 is 2.83 bits per heavy atom. The Morgan fingerprint density at radius 2 is 2.11 bits per heavy atom. The smallest absolute Gasteiger partial charge is 0.226 e. The fourth-order valence-corrected chi connectivity index (χ4v) is 2.52. The minimum Gasteiger partial charge on any atom is -0.478 e. The summed E-state index contributed by atoms with van der Waals surface area (Å²) in [6, 6.07) is 2.37. The van der Waals surface area contributed by atoms with Gasteiger partial charge in [-0.05, 0) is 32.6 Å². The van der Waals surface area contributed by atoms with E-state index in [4.69, 9.17) is 4.74 Å². The van der Waals surface area contributed by atoms with Gasteiger partial charge in [0.15, 0.2) is 0 Å². The summed E-state index contributed by atoms with van der Waals surface area (Å²) in [4.78, 5) is 8.85. The molecule has 0 aromatic carbocycles. The number of aryl methyl sites for hydroxylation is 1. The topological polar surface area (TPSA) is 47.0 Å². The number of anilines is 1. The fraction of sp³-hybridized carbons (Fsp3) is 0.714. The molecule has 0 saturated heterocycles. The second kappa shape index (κ2) is 6.03. The van der Waals surface area contributed by atoms with Gasteiger partial charge in [0.2, 0.25) is 11.8 Å². The van der Waals surface area contributed by atoms with Crippen molar-refractivity contribution in [3.8, 4) is 5.88 Å². The summed E-state index contributed by atoms with van der Waals surface area (Å²) in [5, 5.41) is 3.47. The number of hydrogen-bond acceptors (Lipinski definition) is 4. The van der Waals surface area contributed by atoms with Gasteiger partial charge >= 0.3 is 0 Å². The normalized spacial score (nSPS) is 23.7. The lowest BCUT2D eigenvalue weighted by Gasteiger charge is -2.29. The van der Waals surface area contributed by atoms with Gasteiger partial charge in [0.05, 0.1) is 6.61 Å². The van der Waals surface area contributed by atoms with Crippen molar-refractivity contribution < 1.29 is 4.74 Å². The van der Waals surface area contributed by atoms with E-state index >= 15 is 0 Å². The Kier molecular flexibility index (Phi) is 4.39. The molecule has 1 heterocycles. The van der Waals surface area contributed by atoms with Crippen molar-refractivity contribution in [3.05, 3.63) is 11.8 Å². The summed E-state index contributed by atoms with van der Waals surface area (Å²) >= 11 is 0. The molecule has 1 aliphatic carbocycles. The van der Waals surface area contributed by atoms with Crippen LogP contribution in [-0.2, 0) is 0 Å². The second-order valence-corrected chi connectivity index (χ2v) is 5.12. The van der Waals surface area contributed by atoms with Crippen molar-refractivity contribution in [2.45, 2.75) is 52.5 Å². The van der Waals surface area contributed by atoms with Crippen molar-refractivity contribution >= 4 is 5.95 Å². The van der Waals surface area contributed by atoms with Gasteiger partial charge in [-0.25, -0.2) is 4.98 Å². The lowest BCUT2D eigenvalue weighted by molar-refractivity contribution is 0.324. The fourth-order valence-electron chi connectivity index (χ4n) is 2.52. The molecule has 1 saturated carbocycles. The average Bonchev–Trinajstić information content (AvgIpc) is 2.32.